The van der Waals surface area contributed by atoms with Gasteiger partial charge < -0.3 is 10.1 Å². The SMILES string of the molecule is Cc1ccc([C@@H](C(=O)NC[C@@H]2CCCO2)N(C(=O)Cn2nnc(-c3cccs3)n2)c2cc(C)ccc2C)cc1. The van der Waals surface area contributed by atoms with Crippen LogP contribution in [0.4, 0.5) is 5.69 Å². The fourth-order valence-corrected chi connectivity index (χ4v) is 5.34. The third kappa shape index (κ3) is 6.23. The van der Waals surface area contributed by atoms with Crippen LogP contribution in [0, 0.1) is 20.8 Å². The van der Waals surface area contributed by atoms with Gasteiger partial charge in [-0.2, -0.15) is 4.80 Å². The average molecular weight is 545 g/mol. The van der Waals surface area contributed by atoms with Gasteiger partial charge in [-0.15, -0.1) is 21.5 Å². The number of nitrogens with zero attached hydrogens (tertiary/aromatic N) is 5. The van der Waals surface area contributed by atoms with Crippen molar-refractivity contribution in [2.45, 2.75) is 52.3 Å². The van der Waals surface area contributed by atoms with E-state index in [4.69, 9.17) is 4.74 Å². The molecule has 0 radical (unpaired) electrons. The number of anilines is 1. The lowest BCUT2D eigenvalue weighted by molar-refractivity contribution is -0.127. The fraction of sp³-hybridized carbons (Fsp3) is 0.345. The highest BCUT2D eigenvalue weighted by Gasteiger charge is 2.34. The lowest BCUT2D eigenvalue weighted by Crippen LogP contribution is -2.47. The number of aromatic nitrogens is 4. The van der Waals surface area contributed by atoms with E-state index in [1.165, 1.54) is 16.1 Å². The molecule has 4 aromatic rings. The van der Waals surface area contributed by atoms with Crippen molar-refractivity contribution in [3.05, 3.63) is 82.2 Å². The molecule has 0 unspecified atom stereocenters. The molecule has 202 valence electrons. The summed E-state index contributed by atoms with van der Waals surface area (Å²) in [7, 11) is 0. The molecule has 2 atom stereocenters. The highest BCUT2D eigenvalue weighted by atomic mass is 32.1. The van der Waals surface area contributed by atoms with Crippen molar-refractivity contribution in [1.29, 1.82) is 0 Å². The molecule has 1 saturated heterocycles. The van der Waals surface area contributed by atoms with Crippen molar-refractivity contribution in [3.63, 3.8) is 0 Å². The Hall–Kier alpha value is -3.89. The normalized spacial score (nSPS) is 15.7. The predicted molar refractivity (Wildman–Crippen MR) is 150 cm³/mol. The number of ether oxygens (including phenoxy) is 1. The third-order valence-corrected chi connectivity index (χ3v) is 7.66. The number of aryl methyl sites for hydroxylation is 3. The molecule has 3 heterocycles. The standard InChI is InChI=1S/C29H32N6O3S/c1-19-9-12-22(13-10-19)27(29(37)30-17-23-6-4-14-38-23)35(24-16-20(2)8-11-21(24)3)26(36)18-34-32-28(31-33-34)25-7-5-15-39-25/h5,7-13,15-16,23,27H,4,6,14,17-18H2,1-3H3,(H,30,37)/t23-,27-/m0/s1. The van der Waals surface area contributed by atoms with Crippen molar-refractivity contribution < 1.29 is 14.3 Å². The summed E-state index contributed by atoms with van der Waals surface area (Å²) in [6, 6.07) is 16.5. The Bertz CT molecular complexity index is 1430. The molecule has 5 rings (SSSR count). The second kappa shape index (κ2) is 11.9. The minimum absolute atomic E-state index is 0.0208. The van der Waals surface area contributed by atoms with Gasteiger partial charge in [0.15, 0.2) is 0 Å². The molecule has 0 bridgehead atoms. The minimum Gasteiger partial charge on any atom is -0.376 e. The van der Waals surface area contributed by atoms with Gasteiger partial charge >= 0.3 is 0 Å². The van der Waals surface area contributed by atoms with Gasteiger partial charge in [0.2, 0.25) is 11.7 Å². The van der Waals surface area contributed by atoms with Gasteiger partial charge in [-0.05, 0) is 73.0 Å². The number of tetrazole rings is 1. The van der Waals surface area contributed by atoms with E-state index in [1.807, 2.05) is 80.7 Å². The number of nitrogens with one attached hydrogen (secondary N) is 1. The molecule has 2 aromatic heterocycles. The predicted octanol–water partition coefficient (Wildman–Crippen LogP) is 4.40. The van der Waals surface area contributed by atoms with E-state index in [0.29, 0.717) is 30.2 Å². The first kappa shape index (κ1) is 26.7. The Morgan fingerprint density at radius 1 is 1.13 bits per heavy atom. The molecule has 0 saturated carbocycles. The maximum Gasteiger partial charge on any atom is 0.251 e. The van der Waals surface area contributed by atoms with Crippen LogP contribution in [0.2, 0.25) is 0 Å². The van der Waals surface area contributed by atoms with Gasteiger partial charge in [0, 0.05) is 18.8 Å². The summed E-state index contributed by atoms with van der Waals surface area (Å²) in [6.07, 6.45) is 1.86. The molecule has 10 heteroatoms. The monoisotopic (exact) mass is 544 g/mol. The zero-order valence-electron chi connectivity index (χ0n) is 22.3. The Morgan fingerprint density at radius 2 is 1.92 bits per heavy atom. The van der Waals surface area contributed by atoms with E-state index in [1.54, 1.807) is 4.90 Å². The summed E-state index contributed by atoms with van der Waals surface area (Å²) < 4.78 is 5.72. The largest absolute Gasteiger partial charge is 0.376 e. The number of hydrogen-bond donors (Lipinski definition) is 1. The highest BCUT2D eigenvalue weighted by Crippen LogP contribution is 2.32. The number of amides is 2. The first-order chi connectivity index (χ1) is 18.9. The summed E-state index contributed by atoms with van der Waals surface area (Å²) in [5, 5.41) is 17.7. The van der Waals surface area contributed by atoms with Crippen LogP contribution in [0.1, 0.15) is 41.1 Å². The Balaban J connectivity index is 1.52. The van der Waals surface area contributed by atoms with Crippen LogP contribution in [0.3, 0.4) is 0 Å². The molecular formula is C29H32N6O3S. The van der Waals surface area contributed by atoms with Crippen LogP contribution in [0.25, 0.3) is 10.7 Å². The molecule has 1 aliphatic rings. The maximum absolute atomic E-state index is 14.1. The maximum atomic E-state index is 14.1. The number of carbonyl (C=O) groups excluding carboxylic acids is 2. The second-order valence-electron chi connectivity index (χ2n) is 9.87. The number of rotatable bonds is 9. The van der Waals surface area contributed by atoms with Gasteiger partial charge in [-0.3, -0.25) is 14.5 Å². The second-order valence-corrected chi connectivity index (χ2v) is 10.8. The van der Waals surface area contributed by atoms with Gasteiger partial charge in [0.1, 0.15) is 12.6 Å². The van der Waals surface area contributed by atoms with Crippen molar-refractivity contribution in [1.82, 2.24) is 25.5 Å². The van der Waals surface area contributed by atoms with Crippen LogP contribution in [-0.2, 0) is 20.9 Å². The van der Waals surface area contributed by atoms with Crippen LogP contribution < -0.4 is 10.2 Å². The summed E-state index contributed by atoms with van der Waals surface area (Å²) in [5.41, 5.74) is 4.30. The summed E-state index contributed by atoms with van der Waals surface area (Å²) in [6.45, 7) is 6.82. The van der Waals surface area contributed by atoms with E-state index >= 15 is 0 Å². The van der Waals surface area contributed by atoms with E-state index in [-0.39, 0.29) is 24.5 Å². The van der Waals surface area contributed by atoms with Gasteiger partial charge in [-0.25, -0.2) is 0 Å². The van der Waals surface area contributed by atoms with Gasteiger partial charge in [0.05, 0.1) is 11.0 Å². The number of hydrogen-bond acceptors (Lipinski definition) is 7. The molecule has 39 heavy (non-hydrogen) atoms. The van der Waals surface area contributed by atoms with Crippen molar-refractivity contribution in [3.8, 4) is 10.7 Å². The quantitative estimate of drug-likeness (QED) is 0.335. The Morgan fingerprint density at radius 3 is 2.64 bits per heavy atom. The summed E-state index contributed by atoms with van der Waals surface area (Å²) in [5.74, 6) is -0.133. The molecule has 1 N–H and O–H groups in total. The van der Waals surface area contributed by atoms with Crippen molar-refractivity contribution in [2.75, 3.05) is 18.1 Å². The topological polar surface area (TPSA) is 102 Å². The lowest BCUT2D eigenvalue weighted by atomic mass is 9.99. The Kier molecular flexibility index (Phi) is 8.13. The molecule has 2 amide bonds. The van der Waals surface area contributed by atoms with Gasteiger partial charge in [0.25, 0.3) is 5.91 Å². The van der Waals surface area contributed by atoms with E-state index < -0.39 is 6.04 Å². The minimum atomic E-state index is -0.903. The van der Waals surface area contributed by atoms with E-state index in [9.17, 15) is 9.59 Å². The number of thiophene rings is 1. The summed E-state index contributed by atoms with van der Waals surface area (Å²) in [4.78, 5) is 31.7. The third-order valence-electron chi connectivity index (χ3n) is 6.79. The molecule has 2 aromatic carbocycles. The highest BCUT2D eigenvalue weighted by molar-refractivity contribution is 7.13. The number of carbonyl (C=O) groups is 2. The van der Waals surface area contributed by atoms with Crippen LogP contribution in [0.5, 0.6) is 0 Å². The van der Waals surface area contributed by atoms with Crippen LogP contribution in [0.15, 0.2) is 60.0 Å². The zero-order chi connectivity index (χ0) is 27.4. The first-order valence-corrected chi connectivity index (χ1v) is 13.9. The molecule has 1 fully saturated rings. The fourth-order valence-electron chi connectivity index (χ4n) is 4.69. The Labute approximate surface area is 231 Å². The van der Waals surface area contributed by atoms with E-state index in [0.717, 1.165) is 34.4 Å². The number of benzene rings is 2. The average Bonchev–Trinajstić information content (AvgIpc) is 3.71. The molecule has 1 aliphatic heterocycles. The molecule has 9 nitrogen and oxygen atoms in total. The van der Waals surface area contributed by atoms with Gasteiger partial charge in [-0.1, -0.05) is 48.0 Å². The van der Waals surface area contributed by atoms with Crippen molar-refractivity contribution in [2.24, 2.45) is 0 Å². The first-order valence-electron chi connectivity index (χ1n) is 13.1. The molecular weight excluding hydrogens is 512 g/mol. The molecule has 0 aliphatic carbocycles. The lowest BCUT2D eigenvalue weighted by Gasteiger charge is -2.33. The smallest absolute Gasteiger partial charge is 0.251 e. The molecule has 0 spiro atoms. The van der Waals surface area contributed by atoms with Crippen LogP contribution >= 0.6 is 11.3 Å². The van der Waals surface area contributed by atoms with E-state index in [2.05, 4.69) is 20.7 Å². The van der Waals surface area contributed by atoms with Crippen LogP contribution in [-0.4, -0.2) is 51.3 Å². The van der Waals surface area contributed by atoms with Crippen molar-refractivity contribution >= 4 is 28.8 Å². The zero-order valence-corrected chi connectivity index (χ0v) is 23.1. The summed E-state index contributed by atoms with van der Waals surface area (Å²) >= 11 is 1.50.